The molecule has 11 heavy (non-hydrogen) atoms. The SMILES string of the molecule is C1CNC[C@H]2NCCC[C@@H]2C1. The molecule has 2 rings (SSSR count). The summed E-state index contributed by atoms with van der Waals surface area (Å²) in [5.41, 5.74) is 0. The van der Waals surface area contributed by atoms with Crippen LogP contribution in [-0.4, -0.2) is 25.7 Å². The molecule has 2 N–H and O–H groups in total. The minimum Gasteiger partial charge on any atom is -0.315 e. The van der Waals surface area contributed by atoms with Gasteiger partial charge >= 0.3 is 0 Å². The van der Waals surface area contributed by atoms with Crippen molar-refractivity contribution in [3.8, 4) is 0 Å². The first-order valence-corrected chi connectivity index (χ1v) is 4.91. The van der Waals surface area contributed by atoms with Crippen molar-refractivity contribution < 1.29 is 0 Å². The van der Waals surface area contributed by atoms with Gasteiger partial charge in [0.1, 0.15) is 0 Å². The average Bonchev–Trinajstić information content (AvgIpc) is 2.28. The molecule has 2 saturated heterocycles. The highest BCUT2D eigenvalue weighted by Gasteiger charge is 2.25. The highest BCUT2D eigenvalue weighted by atomic mass is 15.0. The molecule has 0 aromatic heterocycles. The van der Waals surface area contributed by atoms with Crippen LogP contribution in [0.2, 0.25) is 0 Å². The molecule has 0 radical (unpaired) electrons. The minimum atomic E-state index is 0.784. The van der Waals surface area contributed by atoms with Crippen molar-refractivity contribution in [1.82, 2.24) is 10.6 Å². The van der Waals surface area contributed by atoms with Crippen LogP contribution in [0.25, 0.3) is 0 Å². The van der Waals surface area contributed by atoms with Gasteiger partial charge in [0, 0.05) is 12.6 Å². The zero-order chi connectivity index (χ0) is 7.52. The molecule has 2 aliphatic rings. The molecule has 2 aliphatic heterocycles. The number of nitrogens with one attached hydrogen (secondary N) is 2. The molecule has 0 aliphatic carbocycles. The standard InChI is InChI=1S/C9H18N2/c1-3-8-4-2-6-11-9(8)7-10-5-1/h8-11H,1-7H2/t8-,9+/m0/s1. The molecule has 0 spiro atoms. The van der Waals surface area contributed by atoms with Crippen molar-refractivity contribution in [2.24, 2.45) is 5.92 Å². The summed E-state index contributed by atoms with van der Waals surface area (Å²) in [6.07, 6.45) is 5.66. The van der Waals surface area contributed by atoms with Crippen LogP contribution in [0.4, 0.5) is 0 Å². The molecular weight excluding hydrogens is 136 g/mol. The number of piperidine rings is 1. The second-order valence-electron chi connectivity index (χ2n) is 3.81. The molecular formula is C9H18N2. The lowest BCUT2D eigenvalue weighted by molar-refractivity contribution is 0.277. The van der Waals surface area contributed by atoms with Gasteiger partial charge in [-0.25, -0.2) is 0 Å². The number of fused-ring (bicyclic) bond motifs is 1. The lowest BCUT2D eigenvalue weighted by Crippen LogP contribution is -2.45. The normalized spacial score (nSPS) is 39.3. The van der Waals surface area contributed by atoms with E-state index in [-0.39, 0.29) is 0 Å². The molecule has 2 heteroatoms. The van der Waals surface area contributed by atoms with Crippen molar-refractivity contribution in [3.05, 3.63) is 0 Å². The van der Waals surface area contributed by atoms with Gasteiger partial charge in [0.25, 0.3) is 0 Å². The molecule has 0 unspecified atom stereocenters. The Morgan fingerprint density at radius 3 is 2.73 bits per heavy atom. The highest BCUT2D eigenvalue weighted by Crippen LogP contribution is 2.22. The highest BCUT2D eigenvalue weighted by molar-refractivity contribution is 4.84. The van der Waals surface area contributed by atoms with Crippen LogP contribution in [0.15, 0.2) is 0 Å². The molecule has 0 aromatic carbocycles. The van der Waals surface area contributed by atoms with Crippen molar-refractivity contribution in [2.45, 2.75) is 31.7 Å². The van der Waals surface area contributed by atoms with E-state index in [2.05, 4.69) is 10.6 Å². The van der Waals surface area contributed by atoms with Crippen LogP contribution in [0, 0.1) is 5.92 Å². The fraction of sp³-hybridized carbons (Fsp3) is 1.00. The van der Waals surface area contributed by atoms with E-state index in [0.717, 1.165) is 12.0 Å². The number of hydrogen-bond donors (Lipinski definition) is 2. The van der Waals surface area contributed by atoms with E-state index in [0.29, 0.717) is 0 Å². The summed E-state index contributed by atoms with van der Waals surface area (Å²) < 4.78 is 0. The van der Waals surface area contributed by atoms with Gasteiger partial charge in [-0.2, -0.15) is 0 Å². The lowest BCUT2D eigenvalue weighted by Gasteiger charge is -2.30. The third-order valence-electron chi connectivity index (χ3n) is 3.02. The number of rotatable bonds is 0. The van der Waals surface area contributed by atoms with Crippen molar-refractivity contribution >= 4 is 0 Å². The Morgan fingerprint density at radius 1 is 1.00 bits per heavy atom. The summed E-state index contributed by atoms with van der Waals surface area (Å²) in [6.45, 7) is 3.67. The van der Waals surface area contributed by atoms with Crippen molar-refractivity contribution in [1.29, 1.82) is 0 Å². The molecule has 2 atom stereocenters. The van der Waals surface area contributed by atoms with Gasteiger partial charge in [0.15, 0.2) is 0 Å². The first kappa shape index (κ1) is 7.56. The Bertz CT molecular complexity index is 111. The van der Waals surface area contributed by atoms with E-state index in [1.54, 1.807) is 0 Å². The number of hydrogen-bond acceptors (Lipinski definition) is 2. The molecule has 0 amide bonds. The van der Waals surface area contributed by atoms with Crippen molar-refractivity contribution in [2.75, 3.05) is 19.6 Å². The van der Waals surface area contributed by atoms with Crippen LogP contribution in [-0.2, 0) is 0 Å². The Labute approximate surface area is 68.7 Å². The maximum atomic E-state index is 3.60. The maximum absolute atomic E-state index is 3.60. The van der Waals surface area contributed by atoms with E-state index in [9.17, 15) is 0 Å². The van der Waals surface area contributed by atoms with Crippen LogP contribution in [0.1, 0.15) is 25.7 Å². The van der Waals surface area contributed by atoms with Gasteiger partial charge in [0.05, 0.1) is 0 Å². The maximum Gasteiger partial charge on any atom is 0.0220 e. The van der Waals surface area contributed by atoms with Gasteiger partial charge in [-0.1, -0.05) is 0 Å². The van der Waals surface area contributed by atoms with Gasteiger partial charge in [-0.05, 0) is 44.7 Å². The second-order valence-corrected chi connectivity index (χ2v) is 3.81. The van der Waals surface area contributed by atoms with E-state index < -0.39 is 0 Å². The monoisotopic (exact) mass is 154 g/mol. The van der Waals surface area contributed by atoms with E-state index >= 15 is 0 Å². The molecule has 0 aromatic rings. The largest absolute Gasteiger partial charge is 0.315 e. The van der Waals surface area contributed by atoms with Gasteiger partial charge in [-0.3, -0.25) is 0 Å². The fourth-order valence-corrected chi connectivity index (χ4v) is 2.35. The van der Waals surface area contributed by atoms with Crippen LogP contribution < -0.4 is 10.6 Å². The minimum absolute atomic E-state index is 0.784. The Hall–Kier alpha value is -0.0800. The first-order valence-electron chi connectivity index (χ1n) is 4.91. The lowest BCUT2D eigenvalue weighted by atomic mass is 9.88. The average molecular weight is 154 g/mol. The van der Waals surface area contributed by atoms with Crippen molar-refractivity contribution in [3.63, 3.8) is 0 Å². The quantitative estimate of drug-likeness (QED) is 0.538. The summed E-state index contributed by atoms with van der Waals surface area (Å²) in [6, 6.07) is 0.784. The Kier molecular flexibility index (Phi) is 2.44. The zero-order valence-electron chi connectivity index (χ0n) is 7.10. The van der Waals surface area contributed by atoms with E-state index in [4.69, 9.17) is 0 Å². The van der Waals surface area contributed by atoms with Gasteiger partial charge in [-0.15, -0.1) is 0 Å². The zero-order valence-corrected chi connectivity index (χ0v) is 7.10. The third kappa shape index (κ3) is 1.74. The van der Waals surface area contributed by atoms with Gasteiger partial charge < -0.3 is 10.6 Å². The second kappa shape index (κ2) is 3.55. The van der Waals surface area contributed by atoms with Crippen LogP contribution >= 0.6 is 0 Å². The predicted molar refractivity (Wildman–Crippen MR) is 46.6 cm³/mol. The Morgan fingerprint density at radius 2 is 1.82 bits per heavy atom. The summed E-state index contributed by atoms with van der Waals surface area (Å²) in [5.74, 6) is 0.971. The fourth-order valence-electron chi connectivity index (χ4n) is 2.35. The summed E-state index contributed by atoms with van der Waals surface area (Å²) in [5, 5.41) is 7.08. The topological polar surface area (TPSA) is 24.1 Å². The molecule has 0 bridgehead atoms. The van der Waals surface area contributed by atoms with Crippen LogP contribution in [0.3, 0.4) is 0 Å². The summed E-state index contributed by atoms with van der Waals surface area (Å²) in [7, 11) is 0. The smallest absolute Gasteiger partial charge is 0.0220 e. The third-order valence-corrected chi connectivity index (χ3v) is 3.02. The molecule has 64 valence electrons. The molecule has 2 nitrogen and oxygen atoms in total. The van der Waals surface area contributed by atoms with E-state index in [1.165, 1.54) is 45.3 Å². The van der Waals surface area contributed by atoms with Crippen LogP contribution in [0.5, 0.6) is 0 Å². The molecule has 0 saturated carbocycles. The van der Waals surface area contributed by atoms with E-state index in [1.807, 2.05) is 0 Å². The molecule has 2 fully saturated rings. The Balaban J connectivity index is 1.93. The van der Waals surface area contributed by atoms with Gasteiger partial charge in [0.2, 0.25) is 0 Å². The predicted octanol–water partition coefficient (Wildman–Crippen LogP) is 0.738. The molecule has 2 heterocycles. The summed E-state index contributed by atoms with van der Waals surface area (Å²) >= 11 is 0. The first-order chi connectivity index (χ1) is 5.47. The summed E-state index contributed by atoms with van der Waals surface area (Å²) in [4.78, 5) is 0.